The van der Waals surface area contributed by atoms with Crippen molar-refractivity contribution in [2.24, 2.45) is 0 Å². The number of hydrogen-bond donors (Lipinski definition) is 3. The molecule has 0 saturated carbocycles. The maximum absolute atomic E-state index is 12.0. The highest BCUT2D eigenvalue weighted by atomic mass is 35.5. The largest absolute Gasteiger partial charge is 0.343 e. The maximum atomic E-state index is 12.0. The first kappa shape index (κ1) is 21.1. The number of rotatable bonds is 6. The van der Waals surface area contributed by atoms with E-state index in [0.717, 1.165) is 10.5 Å². The average Bonchev–Trinajstić information content (AvgIpc) is 2.64. The van der Waals surface area contributed by atoms with Crippen LogP contribution in [0.15, 0.2) is 47.4 Å². The molecular formula is C18H17Cl2N3O3S. The van der Waals surface area contributed by atoms with Crippen molar-refractivity contribution in [2.75, 3.05) is 12.3 Å². The van der Waals surface area contributed by atoms with E-state index in [-0.39, 0.29) is 28.8 Å². The third kappa shape index (κ3) is 7.13. The summed E-state index contributed by atoms with van der Waals surface area (Å²) in [5, 5.41) is 3.00. The maximum Gasteiger partial charge on any atom is 0.257 e. The number of aryl methyl sites for hydroxylation is 1. The van der Waals surface area contributed by atoms with E-state index in [0.29, 0.717) is 5.02 Å². The Labute approximate surface area is 171 Å². The van der Waals surface area contributed by atoms with E-state index in [9.17, 15) is 14.4 Å². The third-order valence-electron chi connectivity index (χ3n) is 3.32. The Kier molecular flexibility index (Phi) is 7.97. The molecule has 2 aromatic rings. The second-order valence-corrected chi connectivity index (χ2v) is 7.40. The normalized spacial score (nSPS) is 10.2. The third-order valence-corrected chi connectivity index (χ3v) is 4.88. The second-order valence-electron chi connectivity index (χ2n) is 5.50. The smallest absolute Gasteiger partial charge is 0.257 e. The van der Waals surface area contributed by atoms with E-state index >= 15 is 0 Å². The molecule has 2 aromatic carbocycles. The molecule has 142 valence electrons. The lowest BCUT2D eigenvalue weighted by molar-refractivity contribution is -0.127. The number of amides is 3. The van der Waals surface area contributed by atoms with Crippen molar-refractivity contribution < 1.29 is 14.4 Å². The van der Waals surface area contributed by atoms with E-state index in [4.69, 9.17) is 23.2 Å². The average molecular weight is 426 g/mol. The number of carbonyl (C=O) groups excluding carboxylic acids is 3. The number of hydrazine groups is 1. The number of nitrogens with one attached hydrogen (secondary N) is 3. The summed E-state index contributed by atoms with van der Waals surface area (Å²) in [4.78, 5) is 36.4. The minimum Gasteiger partial charge on any atom is -0.343 e. The molecule has 2 rings (SSSR count). The van der Waals surface area contributed by atoms with Gasteiger partial charge in [0.05, 0.1) is 22.9 Å². The highest BCUT2D eigenvalue weighted by Crippen LogP contribution is 2.20. The minimum absolute atomic E-state index is 0.149. The van der Waals surface area contributed by atoms with Gasteiger partial charge in [0.25, 0.3) is 11.8 Å². The van der Waals surface area contributed by atoms with Gasteiger partial charge < -0.3 is 5.32 Å². The van der Waals surface area contributed by atoms with E-state index in [1.54, 1.807) is 0 Å². The molecule has 0 aliphatic carbocycles. The quantitative estimate of drug-likeness (QED) is 0.490. The van der Waals surface area contributed by atoms with Crippen molar-refractivity contribution in [2.45, 2.75) is 11.8 Å². The number of carbonyl (C=O) groups is 3. The first-order chi connectivity index (χ1) is 12.8. The summed E-state index contributed by atoms with van der Waals surface area (Å²) in [6.45, 7) is 1.67. The van der Waals surface area contributed by atoms with Crippen LogP contribution in [0, 0.1) is 6.92 Å². The Morgan fingerprint density at radius 1 is 0.963 bits per heavy atom. The molecule has 6 nitrogen and oxygen atoms in total. The molecule has 3 N–H and O–H groups in total. The van der Waals surface area contributed by atoms with Crippen molar-refractivity contribution in [1.29, 1.82) is 0 Å². The Hall–Kier alpha value is -2.22. The lowest BCUT2D eigenvalue weighted by Gasteiger charge is -2.09. The van der Waals surface area contributed by atoms with Crippen LogP contribution in [0.4, 0.5) is 0 Å². The molecule has 0 fully saturated rings. The van der Waals surface area contributed by atoms with Crippen LogP contribution in [0.1, 0.15) is 15.9 Å². The molecule has 27 heavy (non-hydrogen) atoms. The minimum atomic E-state index is -0.567. The number of hydrogen-bond acceptors (Lipinski definition) is 4. The molecule has 0 aliphatic heterocycles. The topological polar surface area (TPSA) is 87.3 Å². The van der Waals surface area contributed by atoms with Crippen LogP contribution in [0.3, 0.4) is 0 Å². The highest BCUT2D eigenvalue weighted by Gasteiger charge is 2.12. The van der Waals surface area contributed by atoms with Crippen LogP contribution in [0.2, 0.25) is 10.0 Å². The first-order valence-corrected chi connectivity index (χ1v) is 9.59. The molecular weight excluding hydrogens is 409 g/mol. The zero-order valence-electron chi connectivity index (χ0n) is 14.3. The standard InChI is InChI=1S/C18H17Cl2N3O3S/c1-11-2-5-13(6-3-11)27-10-17(25)23-22-16(24)9-21-18(26)14-7-4-12(19)8-15(14)20/h2-8H,9-10H2,1H3,(H,21,26)(H,22,24)(H,23,25). The Morgan fingerprint density at radius 2 is 1.63 bits per heavy atom. The molecule has 0 radical (unpaired) electrons. The number of benzene rings is 2. The van der Waals surface area contributed by atoms with Crippen LogP contribution < -0.4 is 16.2 Å². The molecule has 0 heterocycles. The zero-order valence-corrected chi connectivity index (χ0v) is 16.7. The van der Waals surface area contributed by atoms with Crippen molar-refractivity contribution in [3.05, 3.63) is 63.6 Å². The molecule has 3 amide bonds. The summed E-state index contributed by atoms with van der Waals surface area (Å²) in [6.07, 6.45) is 0. The van der Waals surface area contributed by atoms with Crippen LogP contribution in [0.25, 0.3) is 0 Å². The molecule has 0 aromatic heterocycles. The fourth-order valence-electron chi connectivity index (χ4n) is 1.93. The first-order valence-electron chi connectivity index (χ1n) is 7.85. The van der Waals surface area contributed by atoms with Gasteiger partial charge >= 0.3 is 0 Å². The van der Waals surface area contributed by atoms with Crippen LogP contribution in [-0.2, 0) is 9.59 Å². The molecule has 9 heteroatoms. The summed E-state index contributed by atoms with van der Waals surface area (Å²) in [5.41, 5.74) is 5.87. The van der Waals surface area contributed by atoms with Gasteiger partial charge in [-0.1, -0.05) is 40.9 Å². The highest BCUT2D eigenvalue weighted by molar-refractivity contribution is 8.00. The fraction of sp³-hybridized carbons (Fsp3) is 0.167. The molecule has 0 saturated heterocycles. The van der Waals surface area contributed by atoms with Crippen molar-refractivity contribution >= 4 is 52.7 Å². The van der Waals surface area contributed by atoms with Gasteiger partial charge in [-0.05, 0) is 37.3 Å². The van der Waals surface area contributed by atoms with Gasteiger partial charge in [-0.15, -0.1) is 11.8 Å². The van der Waals surface area contributed by atoms with E-state index < -0.39 is 11.8 Å². The molecule has 0 aliphatic rings. The van der Waals surface area contributed by atoms with Gasteiger partial charge in [0.1, 0.15) is 0 Å². The van der Waals surface area contributed by atoms with Gasteiger partial charge in [0, 0.05) is 9.92 Å². The van der Waals surface area contributed by atoms with E-state index in [2.05, 4.69) is 16.2 Å². The van der Waals surface area contributed by atoms with E-state index in [1.807, 2.05) is 31.2 Å². The summed E-state index contributed by atoms with van der Waals surface area (Å²) >= 11 is 13.0. The summed E-state index contributed by atoms with van der Waals surface area (Å²) in [5.74, 6) is -1.30. The number of thioether (sulfide) groups is 1. The zero-order chi connectivity index (χ0) is 19.8. The Balaban J connectivity index is 1.70. The van der Waals surface area contributed by atoms with Gasteiger partial charge in [-0.25, -0.2) is 0 Å². The van der Waals surface area contributed by atoms with Gasteiger partial charge in [0.2, 0.25) is 5.91 Å². The van der Waals surface area contributed by atoms with Crippen molar-refractivity contribution in [3.8, 4) is 0 Å². The lowest BCUT2D eigenvalue weighted by atomic mass is 10.2. The predicted octanol–water partition coefficient (Wildman–Crippen LogP) is 2.97. The molecule has 0 spiro atoms. The van der Waals surface area contributed by atoms with Crippen molar-refractivity contribution in [1.82, 2.24) is 16.2 Å². The van der Waals surface area contributed by atoms with Crippen molar-refractivity contribution in [3.63, 3.8) is 0 Å². The lowest BCUT2D eigenvalue weighted by Crippen LogP contribution is -2.47. The molecule has 0 bridgehead atoms. The number of halogens is 2. The predicted molar refractivity (Wildman–Crippen MR) is 107 cm³/mol. The van der Waals surface area contributed by atoms with Gasteiger partial charge in [-0.3, -0.25) is 25.2 Å². The fourth-order valence-corrected chi connectivity index (χ4v) is 3.13. The van der Waals surface area contributed by atoms with Crippen LogP contribution in [0.5, 0.6) is 0 Å². The SMILES string of the molecule is Cc1ccc(SCC(=O)NNC(=O)CNC(=O)c2ccc(Cl)cc2Cl)cc1. The molecule has 0 unspecified atom stereocenters. The van der Waals surface area contributed by atoms with E-state index in [1.165, 1.54) is 30.0 Å². The van der Waals surface area contributed by atoms with Crippen LogP contribution in [-0.4, -0.2) is 30.0 Å². The van der Waals surface area contributed by atoms with Gasteiger partial charge in [-0.2, -0.15) is 0 Å². The molecule has 0 atom stereocenters. The monoisotopic (exact) mass is 425 g/mol. The Morgan fingerprint density at radius 3 is 2.30 bits per heavy atom. The summed E-state index contributed by atoms with van der Waals surface area (Å²) in [7, 11) is 0. The van der Waals surface area contributed by atoms with Crippen LogP contribution >= 0.6 is 35.0 Å². The van der Waals surface area contributed by atoms with Gasteiger partial charge in [0.15, 0.2) is 0 Å². The summed E-state index contributed by atoms with van der Waals surface area (Å²) in [6, 6.07) is 12.2. The summed E-state index contributed by atoms with van der Waals surface area (Å²) < 4.78 is 0. The Bertz CT molecular complexity index is 844. The second kappa shape index (κ2) is 10.2.